The SMILES string of the molecule is C=CC1=CC=C2C(=Cc3ccccc32)C1=O. The standard InChI is InChI=1S/C15H10O/c1-2-10-7-8-13-12-6-4-3-5-11(12)9-14(13)15(10)16/h2-9H,1H2. The highest BCUT2D eigenvalue weighted by Gasteiger charge is 2.26. The Bertz CT molecular complexity index is 598. The lowest BCUT2D eigenvalue weighted by molar-refractivity contribution is -0.111. The Balaban J connectivity index is 2.23. The molecule has 0 unspecified atom stereocenters. The van der Waals surface area contributed by atoms with Crippen molar-refractivity contribution in [3.63, 3.8) is 0 Å². The first kappa shape index (κ1) is 9.10. The van der Waals surface area contributed by atoms with Crippen LogP contribution < -0.4 is 0 Å². The van der Waals surface area contributed by atoms with Crippen molar-refractivity contribution >= 4 is 17.4 Å². The van der Waals surface area contributed by atoms with Gasteiger partial charge < -0.3 is 0 Å². The monoisotopic (exact) mass is 206 g/mol. The molecule has 2 aliphatic rings. The minimum Gasteiger partial charge on any atom is -0.289 e. The molecule has 0 N–H and O–H groups in total. The summed E-state index contributed by atoms with van der Waals surface area (Å²) in [7, 11) is 0. The summed E-state index contributed by atoms with van der Waals surface area (Å²) in [6.45, 7) is 3.65. The molecule has 0 amide bonds. The third kappa shape index (κ3) is 1.09. The zero-order valence-electron chi connectivity index (χ0n) is 8.73. The number of rotatable bonds is 1. The van der Waals surface area contributed by atoms with E-state index in [1.807, 2.05) is 42.5 Å². The van der Waals surface area contributed by atoms with Crippen molar-refractivity contribution in [2.45, 2.75) is 0 Å². The molecule has 3 rings (SSSR count). The van der Waals surface area contributed by atoms with Crippen LogP contribution in [0.1, 0.15) is 11.1 Å². The van der Waals surface area contributed by atoms with Crippen molar-refractivity contribution in [1.82, 2.24) is 0 Å². The summed E-state index contributed by atoms with van der Waals surface area (Å²) in [5.41, 5.74) is 4.76. The number of hydrogen-bond acceptors (Lipinski definition) is 1. The van der Waals surface area contributed by atoms with Crippen LogP contribution >= 0.6 is 0 Å². The van der Waals surface area contributed by atoms with Crippen LogP contribution in [0.2, 0.25) is 0 Å². The van der Waals surface area contributed by atoms with Crippen molar-refractivity contribution in [3.05, 3.63) is 71.3 Å². The third-order valence-corrected chi connectivity index (χ3v) is 3.00. The molecule has 0 radical (unpaired) electrons. The predicted molar refractivity (Wildman–Crippen MR) is 65.7 cm³/mol. The summed E-state index contributed by atoms with van der Waals surface area (Å²) in [6, 6.07) is 8.06. The van der Waals surface area contributed by atoms with E-state index in [1.165, 1.54) is 0 Å². The Labute approximate surface area is 94.1 Å². The molecule has 1 heteroatoms. The topological polar surface area (TPSA) is 17.1 Å². The van der Waals surface area contributed by atoms with E-state index in [-0.39, 0.29) is 5.78 Å². The summed E-state index contributed by atoms with van der Waals surface area (Å²) < 4.78 is 0. The van der Waals surface area contributed by atoms with Gasteiger partial charge in [0.25, 0.3) is 0 Å². The van der Waals surface area contributed by atoms with E-state index in [2.05, 4.69) is 6.58 Å². The quantitative estimate of drug-likeness (QED) is 0.689. The summed E-state index contributed by atoms with van der Waals surface area (Å²) >= 11 is 0. The summed E-state index contributed by atoms with van der Waals surface area (Å²) in [5.74, 6) is 0.0729. The zero-order valence-corrected chi connectivity index (χ0v) is 8.73. The predicted octanol–water partition coefficient (Wildman–Crippen LogP) is 3.16. The second-order valence-electron chi connectivity index (χ2n) is 3.88. The van der Waals surface area contributed by atoms with Gasteiger partial charge in [-0.25, -0.2) is 0 Å². The van der Waals surface area contributed by atoms with Crippen LogP contribution in [0.25, 0.3) is 11.6 Å². The van der Waals surface area contributed by atoms with Gasteiger partial charge in [-0.15, -0.1) is 0 Å². The molecule has 76 valence electrons. The molecule has 0 bridgehead atoms. The average Bonchev–Trinajstić information content (AvgIpc) is 2.69. The lowest BCUT2D eigenvalue weighted by Crippen LogP contribution is -2.07. The number of ketones is 1. The first-order valence-corrected chi connectivity index (χ1v) is 5.22. The molecule has 16 heavy (non-hydrogen) atoms. The van der Waals surface area contributed by atoms with Crippen molar-refractivity contribution in [2.24, 2.45) is 0 Å². The Morgan fingerprint density at radius 1 is 1.06 bits per heavy atom. The van der Waals surface area contributed by atoms with E-state index < -0.39 is 0 Å². The maximum absolute atomic E-state index is 12.1. The molecule has 0 spiro atoms. The van der Waals surface area contributed by atoms with Gasteiger partial charge in [-0.05, 0) is 22.8 Å². The number of allylic oxidation sites excluding steroid dienone is 6. The molecule has 0 aliphatic heterocycles. The van der Waals surface area contributed by atoms with Crippen LogP contribution in [0.15, 0.2) is 60.2 Å². The molecule has 0 atom stereocenters. The van der Waals surface area contributed by atoms with Gasteiger partial charge in [0.2, 0.25) is 0 Å². The highest BCUT2D eigenvalue weighted by atomic mass is 16.1. The van der Waals surface area contributed by atoms with E-state index in [4.69, 9.17) is 0 Å². The first-order chi connectivity index (χ1) is 7.81. The normalized spacial score (nSPS) is 17.0. The van der Waals surface area contributed by atoms with E-state index in [9.17, 15) is 4.79 Å². The highest BCUT2D eigenvalue weighted by Crippen LogP contribution is 2.39. The molecule has 0 saturated carbocycles. The molecular formula is C15H10O. The van der Waals surface area contributed by atoms with Crippen molar-refractivity contribution in [1.29, 1.82) is 0 Å². The fourth-order valence-electron chi connectivity index (χ4n) is 2.18. The zero-order chi connectivity index (χ0) is 11.1. The van der Waals surface area contributed by atoms with Gasteiger partial charge in [0.1, 0.15) is 0 Å². The van der Waals surface area contributed by atoms with E-state index >= 15 is 0 Å². The first-order valence-electron chi connectivity index (χ1n) is 5.22. The van der Waals surface area contributed by atoms with Gasteiger partial charge in [0.15, 0.2) is 5.78 Å². The van der Waals surface area contributed by atoms with Crippen molar-refractivity contribution < 1.29 is 4.79 Å². The molecule has 1 aromatic rings. The molecule has 1 aromatic carbocycles. The van der Waals surface area contributed by atoms with E-state index in [0.29, 0.717) is 5.57 Å². The fraction of sp³-hybridized carbons (Fsp3) is 0. The third-order valence-electron chi connectivity index (χ3n) is 3.00. The Morgan fingerprint density at radius 3 is 2.69 bits per heavy atom. The van der Waals surface area contributed by atoms with Crippen molar-refractivity contribution in [2.75, 3.05) is 0 Å². The molecule has 1 nitrogen and oxygen atoms in total. The smallest absolute Gasteiger partial charge is 0.193 e. The minimum absolute atomic E-state index is 0.0729. The fourth-order valence-corrected chi connectivity index (χ4v) is 2.18. The van der Waals surface area contributed by atoms with E-state index in [0.717, 1.165) is 22.3 Å². The highest BCUT2D eigenvalue weighted by molar-refractivity contribution is 6.26. The van der Waals surface area contributed by atoms with E-state index in [1.54, 1.807) is 6.08 Å². The minimum atomic E-state index is 0.0729. The molecular weight excluding hydrogens is 196 g/mol. The number of carbonyl (C=O) groups is 1. The van der Waals surface area contributed by atoms with Gasteiger partial charge in [-0.2, -0.15) is 0 Å². The van der Waals surface area contributed by atoms with Crippen LogP contribution in [-0.2, 0) is 4.79 Å². The number of fused-ring (bicyclic) bond motifs is 3. The number of benzene rings is 1. The number of hydrogen-bond donors (Lipinski definition) is 0. The van der Waals surface area contributed by atoms with Crippen LogP contribution in [-0.4, -0.2) is 5.78 Å². The second kappa shape index (κ2) is 3.17. The lowest BCUT2D eigenvalue weighted by Gasteiger charge is -2.11. The summed E-state index contributed by atoms with van der Waals surface area (Å²) in [6.07, 6.45) is 7.40. The Hall–Kier alpha value is -2.15. The number of Topliss-reactive ketones (excluding diaryl/α,β-unsaturated/α-hetero) is 1. The van der Waals surface area contributed by atoms with Crippen LogP contribution in [0.4, 0.5) is 0 Å². The van der Waals surface area contributed by atoms with Gasteiger partial charge in [0.05, 0.1) is 0 Å². The largest absolute Gasteiger partial charge is 0.289 e. The van der Waals surface area contributed by atoms with Crippen molar-refractivity contribution in [3.8, 4) is 0 Å². The van der Waals surface area contributed by atoms with Gasteiger partial charge in [0, 0.05) is 11.1 Å². The molecule has 0 saturated heterocycles. The second-order valence-corrected chi connectivity index (χ2v) is 3.88. The molecule has 0 fully saturated rings. The van der Waals surface area contributed by atoms with Crippen LogP contribution in [0.5, 0.6) is 0 Å². The molecule has 2 aliphatic carbocycles. The van der Waals surface area contributed by atoms with Gasteiger partial charge >= 0.3 is 0 Å². The average molecular weight is 206 g/mol. The summed E-state index contributed by atoms with van der Waals surface area (Å²) in [4.78, 5) is 12.1. The lowest BCUT2D eigenvalue weighted by atomic mass is 9.91. The maximum Gasteiger partial charge on any atom is 0.193 e. The number of carbonyl (C=O) groups excluding carboxylic acids is 1. The molecule has 0 aromatic heterocycles. The van der Waals surface area contributed by atoms with Crippen LogP contribution in [0, 0.1) is 0 Å². The Kier molecular flexibility index (Phi) is 1.80. The Morgan fingerprint density at radius 2 is 1.88 bits per heavy atom. The molecule has 0 heterocycles. The summed E-state index contributed by atoms with van der Waals surface area (Å²) in [5, 5.41) is 0. The van der Waals surface area contributed by atoms with Gasteiger partial charge in [-0.1, -0.05) is 49.1 Å². The van der Waals surface area contributed by atoms with Gasteiger partial charge in [-0.3, -0.25) is 4.79 Å². The van der Waals surface area contributed by atoms with Crippen LogP contribution in [0.3, 0.4) is 0 Å². The maximum atomic E-state index is 12.1.